The van der Waals surface area contributed by atoms with Gasteiger partial charge in [0, 0.05) is 38.4 Å². The van der Waals surface area contributed by atoms with E-state index in [0.717, 1.165) is 52.3 Å². The lowest BCUT2D eigenvalue weighted by atomic mass is 9.99. The topological polar surface area (TPSA) is 27.7 Å². The molecule has 3 nitrogen and oxygen atoms in total. The Morgan fingerprint density at radius 2 is 2.20 bits per heavy atom. The van der Waals surface area contributed by atoms with Gasteiger partial charge in [0.05, 0.1) is 6.61 Å². The predicted octanol–water partition coefficient (Wildman–Crippen LogP) is 2.23. The van der Waals surface area contributed by atoms with E-state index in [2.05, 4.69) is 15.9 Å². The summed E-state index contributed by atoms with van der Waals surface area (Å²) in [4.78, 5) is 0.605. The number of halogens is 1. The Hall–Kier alpha value is 0.360. The van der Waals surface area contributed by atoms with Gasteiger partial charge < -0.3 is 14.2 Å². The van der Waals surface area contributed by atoms with Gasteiger partial charge in [0.2, 0.25) is 0 Å². The third-order valence-corrected chi connectivity index (χ3v) is 3.86. The van der Waals surface area contributed by atoms with Crippen molar-refractivity contribution in [3.05, 3.63) is 0 Å². The fraction of sp³-hybridized carbons (Fsp3) is 1.00. The van der Waals surface area contributed by atoms with Crippen LogP contribution in [-0.2, 0) is 14.2 Å². The first-order chi connectivity index (χ1) is 7.34. The normalized spacial score (nSPS) is 26.8. The van der Waals surface area contributed by atoms with E-state index in [1.807, 2.05) is 0 Å². The van der Waals surface area contributed by atoms with Gasteiger partial charge in [0.15, 0.2) is 0 Å². The molecular weight excluding hydrogens is 260 g/mol. The summed E-state index contributed by atoms with van der Waals surface area (Å²) in [6, 6.07) is 0. The second kappa shape index (κ2) is 8.50. The standard InChI is InChI=1S/C11H21BrO3/c1-13-5-2-6-14-7-3-10-9-15-8-4-11(10)12/h10-11H,2-9H2,1H3. The van der Waals surface area contributed by atoms with Gasteiger partial charge in [-0.1, -0.05) is 15.9 Å². The zero-order valence-electron chi connectivity index (χ0n) is 9.41. The lowest BCUT2D eigenvalue weighted by Gasteiger charge is -2.27. The van der Waals surface area contributed by atoms with Crippen LogP contribution in [-0.4, -0.2) is 45.0 Å². The van der Waals surface area contributed by atoms with Crippen LogP contribution >= 0.6 is 15.9 Å². The van der Waals surface area contributed by atoms with Crippen LogP contribution in [0.2, 0.25) is 0 Å². The van der Waals surface area contributed by atoms with Gasteiger partial charge in [-0.05, 0) is 25.2 Å². The van der Waals surface area contributed by atoms with E-state index in [0.29, 0.717) is 10.7 Å². The van der Waals surface area contributed by atoms with Crippen molar-refractivity contribution in [1.82, 2.24) is 0 Å². The van der Waals surface area contributed by atoms with E-state index in [1.54, 1.807) is 7.11 Å². The molecule has 0 aromatic carbocycles. The molecule has 2 unspecified atom stereocenters. The van der Waals surface area contributed by atoms with Crippen LogP contribution in [0.1, 0.15) is 19.3 Å². The maximum Gasteiger partial charge on any atom is 0.0505 e. The highest BCUT2D eigenvalue weighted by molar-refractivity contribution is 9.09. The third kappa shape index (κ3) is 5.85. The number of alkyl halides is 1. The summed E-state index contributed by atoms with van der Waals surface area (Å²) < 4.78 is 15.9. The van der Waals surface area contributed by atoms with Crippen molar-refractivity contribution in [3.63, 3.8) is 0 Å². The summed E-state index contributed by atoms with van der Waals surface area (Å²) >= 11 is 3.69. The van der Waals surface area contributed by atoms with Gasteiger partial charge in [-0.25, -0.2) is 0 Å². The average Bonchev–Trinajstić information content (AvgIpc) is 2.25. The fourth-order valence-electron chi connectivity index (χ4n) is 1.68. The SMILES string of the molecule is COCCCOCCC1COCCC1Br. The summed E-state index contributed by atoms with van der Waals surface area (Å²) in [5.74, 6) is 0.612. The van der Waals surface area contributed by atoms with Crippen LogP contribution in [0.5, 0.6) is 0 Å². The molecule has 0 bridgehead atoms. The highest BCUT2D eigenvalue weighted by Crippen LogP contribution is 2.24. The summed E-state index contributed by atoms with van der Waals surface area (Å²) in [7, 11) is 1.72. The molecule has 0 spiro atoms. The maximum absolute atomic E-state index is 5.53. The van der Waals surface area contributed by atoms with Crippen LogP contribution in [0.3, 0.4) is 0 Å². The second-order valence-electron chi connectivity index (χ2n) is 3.89. The second-order valence-corrected chi connectivity index (χ2v) is 5.06. The Kier molecular flexibility index (Phi) is 7.61. The van der Waals surface area contributed by atoms with Crippen LogP contribution < -0.4 is 0 Å². The molecule has 0 saturated carbocycles. The van der Waals surface area contributed by atoms with Gasteiger partial charge >= 0.3 is 0 Å². The molecule has 1 heterocycles. The summed E-state index contributed by atoms with van der Waals surface area (Å²) in [5, 5.41) is 0. The van der Waals surface area contributed by atoms with Crippen molar-refractivity contribution in [2.75, 3.05) is 40.1 Å². The number of methoxy groups -OCH3 is 1. The van der Waals surface area contributed by atoms with Crippen molar-refractivity contribution in [2.24, 2.45) is 5.92 Å². The van der Waals surface area contributed by atoms with Crippen molar-refractivity contribution >= 4 is 15.9 Å². The molecule has 1 saturated heterocycles. The highest BCUT2D eigenvalue weighted by Gasteiger charge is 2.22. The average molecular weight is 281 g/mol. The zero-order chi connectivity index (χ0) is 10.9. The minimum atomic E-state index is 0.605. The van der Waals surface area contributed by atoms with Crippen molar-refractivity contribution in [1.29, 1.82) is 0 Å². The molecule has 1 aliphatic heterocycles. The lowest BCUT2D eigenvalue weighted by molar-refractivity contribution is 0.0362. The quantitative estimate of drug-likeness (QED) is 0.529. The molecule has 0 aromatic heterocycles. The minimum Gasteiger partial charge on any atom is -0.385 e. The molecule has 90 valence electrons. The first-order valence-corrected chi connectivity index (χ1v) is 6.54. The van der Waals surface area contributed by atoms with Crippen LogP contribution in [0.15, 0.2) is 0 Å². The predicted molar refractivity (Wildman–Crippen MR) is 63.6 cm³/mol. The monoisotopic (exact) mass is 280 g/mol. The first kappa shape index (κ1) is 13.4. The van der Waals surface area contributed by atoms with Gasteiger partial charge in [-0.2, -0.15) is 0 Å². The molecule has 15 heavy (non-hydrogen) atoms. The van der Waals surface area contributed by atoms with E-state index in [1.165, 1.54) is 0 Å². The number of rotatable bonds is 7. The van der Waals surface area contributed by atoms with Crippen LogP contribution in [0.4, 0.5) is 0 Å². The van der Waals surface area contributed by atoms with Crippen molar-refractivity contribution in [3.8, 4) is 0 Å². The van der Waals surface area contributed by atoms with E-state index >= 15 is 0 Å². The number of hydrogen-bond donors (Lipinski definition) is 0. The molecule has 1 aliphatic rings. The smallest absolute Gasteiger partial charge is 0.0505 e. The lowest BCUT2D eigenvalue weighted by Crippen LogP contribution is -2.28. The van der Waals surface area contributed by atoms with Gasteiger partial charge in [0.1, 0.15) is 0 Å². The molecule has 0 amide bonds. The molecular formula is C11H21BrO3. The maximum atomic E-state index is 5.53. The molecule has 1 fully saturated rings. The number of hydrogen-bond acceptors (Lipinski definition) is 3. The highest BCUT2D eigenvalue weighted by atomic mass is 79.9. The van der Waals surface area contributed by atoms with E-state index < -0.39 is 0 Å². The van der Waals surface area contributed by atoms with Gasteiger partial charge in [-0.15, -0.1) is 0 Å². The molecule has 0 radical (unpaired) electrons. The molecule has 0 aliphatic carbocycles. The third-order valence-electron chi connectivity index (χ3n) is 2.65. The minimum absolute atomic E-state index is 0.605. The summed E-state index contributed by atoms with van der Waals surface area (Å²) in [6.45, 7) is 4.18. The van der Waals surface area contributed by atoms with E-state index in [4.69, 9.17) is 14.2 Å². The molecule has 0 aromatic rings. The van der Waals surface area contributed by atoms with Gasteiger partial charge in [-0.3, -0.25) is 0 Å². The van der Waals surface area contributed by atoms with Crippen molar-refractivity contribution < 1.29 is 14.2 Å². The Morgan fingerprint density at radius 1 is 1.33 bits per heavy atom. The molecule has 4 heteroatoms. The van der Waals surface area contributed by atoms with Crippen LogP contribution in [0.25, 0.3) is 0 Å². The zero-order valence-corrected chi connectivity index (χ0v) is 11.0. The van der Waals surface area contributed by atoms with Crippen molar-refractivity contribution in [2.45, 2.75) is 24.1 Å². The van der Waals surface area contributed by atoms with E-state index in [9.17, 15) is 0 Å². The Labute approximate surface area is 101 Å². The Balaban J connectivity index is 1.94. The number of ether oxygens (including phenoxy) is 3. The van der Waals surface area contributed by atoms with Gasteiger partial charge in [0.25, 0.3) is 0 Å². The largest absolute Gasteiger partial charge is 0.385 e. The Morgan fingerprint density at radius 3 is 2.93 bits per heavy atom. The summed E-state index contributed by atoms with van der Waals surface area (Å²) in [6.07, 6.45) is 3.19. The Bertz CT molecular complexity index is 155. The molecule has 0 N–H and O–H groups in total. The molecule has 1 rings (SSSR count). The molecule has 2 atom stereocenters. The van der Waals surface area contributed by atoms with E-state index in [-0.39, 0.29) is 0 Å². The summed E-state index contributed by atoms with van der Waals surface area (Å²) in [5.41, 5.74) is 0. The fourth-order valence-corrected chi connectivity index (χ4v) is 2.28. The van der Waals surface area contributed by atoms with Crippen LogP contribution in [0, 0.1) is 5.92 Å². The first-order valence-electron chi connectivity index (χ1n) is 5.63.